The molecule has 8 heteroatoms. The van der Waals surface area contributed by atoms with Gasteiger partial charge < -0.3 is 20.1 Å². The largest absolute Gasteiger partial charge is 0.497 e. The van der Waals surface area contributed by atoms with Crippen LogP contribution in [0.5, 0.6) is 5.75 Å². The molecule has 2 N–H and O–H groups in total. The van der Waals surface area contributed by atoms with Gasteiger partial charge in [0, 0.05) is 18.8 Å². The molecule has 4 rings (SSSR count). The van der Waals surface area contributed by atoms with Crippen LogP contribution in [0.4, 0.5) is 10.8 Å². The van der Waals surface area contributed by atoms with E-state index in [0.29, 0.717) is 11.4 Å². The normalized spacial score (nSPS) is 17.2. The van der Waals surface area contributed by atoms with Gasteiger partial charge in [-0.2, -0.15) is 0 Å². The van der Waals surface area contributed by atoms with Gasteiger partial charge >= 0.3 is 0 Å². The Balaban J connectivity index is 1.49. The maximum absolute atomic E-state index is 12.4. The number of benzene rings is 1. The minimum Gasteiger partial charge on any atom is -0.497 e. The van der Waals surface area contributed by atoms with Crippen LogP contribution in [-0.2, 0) is 0 Å². The molecule has 1 atom stereocenters. The van der Waals surface area contributed by atoms with Gasteiger partial charge in [0.15, 0.2) is 5.13 Å². The van der Waals surface area contributed by atoms with Gasteiger partial charge in [0.1, 0.15) is 10.6 Å². The summed E-state index contributed by atoms with van der Waals surface area (Å²) < 4.78 is 6.11. The molecule has 1 unspecified atom stereocenters. The van der Waals surface area contributed by atoms with Crippen LogP contribution in [0.2, 0.25) is 0 Å². The van der Waals surface area contributed by atoms with E-state index in [1.54, 1.807) is 30.6 Å². The fourth-order valence-corrected chi connectivity index (χ4v) is 4.89. The van der Waals surface area contributed by atoms with Crippen molar-refractivity contribution in [2.45, 2.75) is 12.5 Å². The third-order valence-corrected chi connectivity index (χ3v) is 6.30. The number of hydrogen-bond donors (Lipinski definition) is 2. The van der Waals surface area contributed by atoms with Crippen molar-refractivity contribution in [3.05, 3.63) is 35.2 Å². The number of amides is 1. The van der Waals surface area contributed by atoms with E-state index in [9.17, 15) is 9.90 Å². The molecule has 1 aliphatic rings. The predicted octanol–water partition coefficient (Wildman–Crippen LogP) is 3.19. The van der Waals surface area contributed by atoms with Gasteiger partial charge in [0.25, 0.3) is 5.91 Å². The molecule has 1 aromatic carbocycles. The summed E-state index contributed by atoms with van der Waals surface area (Å²) in [5.41, 5.74) is 0.724. The summed E-state index contributed by atoms with van der Waals surface area (Å²) in [6.07, 6.45) is 0.510. The fraction of sp³-hybridized carbons (Fsp3) is 0.294. The highest BCUT2D eigenvalue weighted by molar-refractivity contribution is 7.29. The molecule has 0 spiro atoms. The topological polar surface area (TPSA) is 74.7 Å². The molecule has 3 aromatic rings. The average Bonchev–Trinajstić information content (AvgIpc) is 3.29. The standard InChI is InChI=1S/C17H17N3O3S2/c1-23-12-4-2-10(3-5-12)18-15(22)13-8-14-16(24-13)19-17(25-14)20-7-6-11(21)9-20/h2-5,8,11,21H,6-7,9H2,1H3,(H,18,22). The minimum absolute atomic E-state index is 0.140. The number of rotatable bonds is 4. The molecule has 2 aromatic heterocycles. The number of nitrogens with zero attached hydrogens (tertiary/aromatic N) is 2. The van der Waals surface area contributed by atoms with Crippen LogP contribution < -0.4 is 15.0 Å². The summed E-state index contributed by atoms with van der Waals surface area (Å²) in [7, 11) is 1.61. The number of β-amino-alcohol motifs (C(OH)–C–C–N with tert-alkyl or cyclic N) is 1. The summed E-state index contributed by atoms with van der Waals surface area (Å²) in [5.74, 6) is 0.608. The summed E-state index contributed by atoms with van der Waals surface area (Å²) >= 11 is 2.95. The number of anilines is 2. The number of thiazole rings is 1. The van der Waals surface area contributed by atoms with Gasteiger partial charge in [-0.05, 0) is 36.8 Å². The lowest BCUT2D eigenvalue weighted by Crippen LogP contribution is -2.20. The molecule has 0 bridgehead atoms. The SMILES string of the molecule is COc1ccc(NC(=O)c2cc3sc(N4CCC(O)C4)nc3s2)cc1. The number of nitrogens with one attached hydrogen (secondary N) is 1. The molecule has 3 heterocycles. The van der Waals surface area contributed by atoms with Crippen molar-refractivity contribution >= 4 is 48.9 Å². The number of aliphatic hydroxyl groups excluding tert-OH is 1. The molecular weight excluding hydrogens is 358 g/mol. The Morgan fingerprint density at radius 3 is 2.80 bits per heavy atom. The van der Waals surface area contributed by atoms with Crippen LogP contribution in [0.1, 0.15) is 16.1 Å². The summed E-state index contributed by atoms with van der Waals surface area (Å²) in [6.45, 7) is 1.46. The van der Waals surface area contributed by atoms with Crippen molar-refractivity contribution in [1.82, 2.24) is 4.98 Å². The van der Waals surface area contributed by atoms with Crippen LogP contribution in [0.3, 0.4) is 0 Å². The zero-order valence-electron chi connectivity index (χ0n) is 13.6. The molecule has 130 valence electrons. The first-order valence-corrected chi connectivity index (χ1v) is 9.54. The third kappa shape index (κ3) is 3.33. The van der Waals surface area contributed by atoms with E-state index < -0.39 is 0 Å². The van der Waals surface area contributed by atoms with E-state index in [0.717, 1.165) is 39.1 Å². The van der Waals surface area contributed by atoms with Crippen molar-refractivity contribution in [2.75, 3.05) is 30.4 Å². The summed E-state index contributed by atoms with van der Waals surface area (Å²) in [6, 6.07) is 9.11. The highest BCUT2D eigenvalue weighted by atomic mass is 32.1. The molecule has 1 saturated heterocycles. The lowest BCUT2D eigenvalue weighted by Gasteiger charge is -2.12. The first-order valence-electron chi connectivity index (χ1n) is 7.91. The second-order valence-corrected chi connectivity index (χ2v) is 7.89. The van der Waals surface area contributed by atoms with E-state index in [1.807, 2.05) is 18.2 Å². The van der Waals surface area contributed by atoms with Crippen LogP contribution in [0, 0.1) is 0 Å². The van der Waals surface area contributed by atoms with Gasteiger partial charge in [0.05, 0.1) is 22.8 Å². The number of aliphatic hydroxyl groups is 1. The molecule has 6 nitrogen and oxygen atoms in total. The Labute approximate surface area is 152 Å². The lowest BCUT2D eigenvalue weighted by molar-refractivity contribution is 0.103. The smallest absolute Gasteiger partial charge is 0.265 e. The van der Waals surface area contributed by atoms with E-state index in [1.165, 1.54) is 11.3 Å². The number of hydrogen-bond acceptors (Lipinski definition) is 7. The van der Waals surface area contributed by atoms with E-state index in [2.05, 4.69) is 15.2 Å². The van der Waals surface area contributed by atoms with Crippen LogP contribution >= 0.6 is 22.7 Å². The maximum Gasteiger partial charge on any atom is 0.265 e. The zero-order valence-corrected chi connectivity index (χ0v) is 15.2. The Morgan fingerprint density at radius 2 is 2.16 bits per heavy atom. The lowest BCUT2D eigenvalue weighted by atomic mass is 10.3. The van der Waals surface area contributed by atoms with Crippen LogP contribution in [0.15, 0.2) is 30.3 Å². The molecular formula is C17H17N3O3S2. The number of fused-ring (bicyclic) bond motifs is 1. The van der Waals surface area contributed by atoms with Crippen LogP contribution in [-0.4, -0.2) is 42.3 Å². The zero-order chi connectivity index (χ0) is 17.4. The van der Waals surface area contributed by atoms with E-state index in [-0.39, 0.29) is 12.0 Å². The number of carbonyl (C=O) groups excluding carboxylic acids is 1. The molecule has 1 fully saturated rings. The van der Waals surface area contributed by atoms with E-state index >= 15 is 0 Å². The van der Waals surface area contributed by atoms with Gasteiger partial charge in [0.2, 0.25) is 0 Å². The van der Waals surface area contributed by atoms with Crippen LogP contribution in [0.25, 0.3) is 9.53 Å². The number of ether oxygens (including phenoxy) is 1. The number of methoxy groups -OCH3 is 1. The Morgan fingerprint density at radius 1 is 1.36 bits per heavy atom. The highest BCUT2D eigenvalue weighted by Gasteiger charge is 2.24. The predicted molar refractivity (Wildman–Crippen MR) is 101 cm³/mol. The first kappa shape index (κ1) is 16.3. The molecule has 0 radical (unpaired) electrons. The molecule has 0 aliphatic carbocycles. The molecule has 25 heavy (non-hydrogen) atoms. The third-order valence-electron chi connectivity index (χ3n) is 4.08. The summed E-state index contributed by atoms with van der Waals surface area (Å²) in [5, 5.41) is 13.5. The Kier molecular flexibility index (Phi) is 4.32. The Hall–Kier alpha value is -2.16. The van der Waals surface area contributed by atoms with Gasteiger partial charge in [-0.25, -0.2) is 4.98 Å². The van der Waals surface area contributed by atoms with Gasteiger partial charge in [-0.1, -0.05) is 11.3 Å². The molecule has 1 aliphatic heterocycles. The fourth-order valence-electron chi connectivity index (χ4n) is 2.75. The molecule has 1 amide bonds. The minimum atomic E-state index is -0.271. The van der Waals surface area contributed by atoms with Crippen molar-refractivity contribution in [1.29, 1.82) is 0 Å². The quantitative estimate of drug-likeness (QED) is 0.733. The van der Waals surface area contributed by atoms with E-state index in [4.69, 9.17) is 4.74 Å². The number of aromatic nitrogens is 1. The second kappa shape index (κ2) is 6.62. The second-order valence-electron chi connectivity index (χ2n) is 5.85. The number of thiophene rings is 1. The number of carbonyl (C=O) groups is 1. The van der Waals surface area contributed by atoms with Crippen molar-refractivity contribution < 1.29 is 14.6 Å². The van der Waals surface area contributed by atoms with Crippen molar-refractivity contribution in [2.24, 2.45) is 0 Å². The Bertz CT molecular complexity index is 872. The maximum atomic E-state index is 12.4. The highest BCUT2D eigenvalue weighted by Crippen LogP contribution is 2.36. The van der Waals surface area contributed by atoms with Gasteiger partial charge in [-0.3, -0.25) is 4.79 Å². The molecule has 0 saturated carbocycles. The first-order chi connectivity index (χ1) is 12.1. The van der Waals surface area contributed by atoms with Crippen molar-refractivity contribution in [3.8, 4) is 5.75 Å². The van der Waals surface area contributed by atoms with Crippen molar-refractivity contribution in [3.63, 3.8) is 0 Å². The van der Waals surface area contributed by atoms with Gasteiger partial charge in [-0.15, -0.1) is 11.3 Å². The summed E-state index contributed by atoms with van der Waals surface area (Å²) in [4.78, 5) is 20.6. The monoisotopic (exact) mass is 375 g/mol. The average molecular weight is 375 g/mol.